The Hall–Kier alpha value is -3.49. The molecule has 3 heterocycles. The van der Waals surface area contributed by atoms with Crippen molar-refractivity contribution in [3.05, 3.63) is 89.0 Å². The lowest BCUT2D eigenvalue weighted by Gasteiger charge is -2.38. The number of aromatic nitrogens is 2. The minimum atomic E-state index is -1.05. The van der Waals surface area contributed by atoms with Crippen molar-refractivity contribution in [3.63, 3.8) is 0 Å². The van der Waals surface area contributed by atoms with Gasteiger partial charge in [0, 0.05) is 44.4 Å². The van der Waals surface area contributed by atoms with E-state index in [2.05, 4.69) is 33.8 Å². The molecule has 0 saturated carbocycles. The molecule has 2 aromatic carbocycles. The van der Waals surface area contributed by atoms with E-state index in [1.807, 2.05) is 53.4 Å². The number of hydrogen-bond donors (Lipinski definition) is 1. The third kappa shape index (κ3) is 6.98. The maximum atomic E-state index is 13.2. The zero-order valence-corrected chi connectivity index (χ0v) is 23.5. The van der Waals surface area contributed by atoms with Gasteiger partial charge in [-0.15, -0.1) is 0 Å². The van der Waals surface area contributed by atoms with Crippen molar-refractivity contribution in [2.45, 2.75) is 57.1 Å². The molecule has 1 unspecified atom stereocenters. The molecule has 8 nitrogen and oxygen atoms in total. The lowest BCUT2D eigenvalue weighted by molar-refractivity contribution is -0.136. The van der Waals surface area contributed by atoms with Gasteiger partial charge in [-0.2, -0.15) is 0 Å². The van der Waals surface area contributed by atoms with Crippen LogP contribution in [0.5, 0.6) is 0 Å². The summed E-state index contributed by atoms with van der Waals surface area (Å²) >= 11 is 0. The van der Waals surface area contributed by atoms with Gasteiger partial charge in [0.2, 0.25) is 5.91 Å². The molecule has 1 N–H and O–H groups in total. The SMILES string of the molecule is CC(CC(=O)N1CCC(O)(Cn2cnc(N(CCN3CCCC3)c3ccccc3)cc2=O)CC1)c1ccccc1. The first-order valence-corrected chi connectivity index (χ1v) is 14.6. The van der Waals surface area contributed by atoms with Crippen LogP contribution in [-0.2, 0) is 11.3 Å². The highest BCUT2D eigenvalue weighted by atomic mass is 16.3. The van der Waals surface area contributed by atoms with Crippen molar-refractivity contribution in [1.29, 1.82) is 0 Å². The van der Waals surface area contributed by atoms with Crippen molar-refractivity contribution in [2.75, 3.05) is 44.2 Å². The summed E-state index contributed by atoms with van der Waals surface area (Å²) in [5, 5.41) is 11.3. The average Bonchev–Trinajstić information content (AvgIpc) is 3.50. The van der Waals surface area contributed by atoms with E-state index in [9.17, 15) is 14.7 Å². The molecule has 5 rings (SSSR count). The van der Waals surface area contributed by atoms with Gasteiger partial charge in [0.25, 0.3) is 5.56 Å². The molecule has 0 radical (unpaired) electrons. The predicted octanol–water partition coefficient (Wildman–Crippen LogP) is 4.02. The topological polar surface area (TPSA) is 81.9 Å². The van der Waals surface area contributed by atoms with Crippen LogP contribution in [-0.4, -0.2) is 75.2 Å². The van der Waals surface area contributed by atoms with Crippen LogP contribution in [0, 0.1) is 0 Å². The number of carbonyl (C=O) groups is 1. The van der Waals surface area contributed by atoms with Gasteiger partial charge >= 0.3 is 0 Å². The van der Waals surface area contributed by atoms with E-state index in [0.717, 1.165) is 37.4 Å². The molecule has 1 aromatic heterocycles. The number of anilines is 2. The van der Waals surface area contributed by atoms with Crippen molar-refractivity contribution >= 4 is 17.4 Å². The molecule has 0 bridgehead atoms. The van der Waals surface area contributed by atoms with Gasteiger partial charge < -0.3 is 19.8 Å². The number of piperidine rings is 1. The van der Waals surface area contributed by atoms with Crippen LogP contribution in [0.3, 0.4) is 0 Å². The molecule has 2 saturated heterocycles. The Bertz CT molecular complexity index is 1300. The Morgan fingerprint density at radius 2 is 1.65 bits per heavy atom. The lowest BCUT2D eigenvalue weighted by Crippen LogP contribution is -2.49. The second-order valence-electron chi connectivity index (χ2n) is 11.4. The summed E-state index contributed by atoms with van der Waals surface area (Å²) in [6.07, 6.45) is 5.34. The number of hydrogen-bond acceptors (Lipinski definition) is 6. The number of carbonyl (C=O) groups excluding carboxylic acids is 1. The standard InChI is InChI=1S/C32H41N5O3/c1-26(27-10-4-2-5-11-27)22-30(38)35-18-14-32(40,15-19-35)24-36-25-33-29(23-31(36)39)37(28-12-6-3-7-13-28)21-20-34-16-8-9-17-34/h2-7,10-13,23,25-26,40H,8-9,14-22,24H2,1H3. The van der Waals surface area contributed by atoms with Gasteiger partial charge in [-0.25, -0.2) is 4.98 Å². The van der Waals surface area contributed by atoms with Crippen molar-refractivity contribution < 1.29 is 9.90 Å². The van der Waals surface area contributed by atoms with E-state index in [1.54, 1.807) is 12.4 Å². The molecule has 1 amide bonds. The first kappa shape index (κ1) is 28.1. The minimum absolute atomic E-state index is 0.108. The summed E-state index contributed by atoms with van der Waals surface area (Å²) in [7, 11) is 0. The first-order chi connectivity index (χ1) is 19.4. The van der Waals surface area contributed by atoms with Crippen LogP contribution >= 0.6 is 0 Å². The van der Waals surface area contributed by atoms with Crippen LogP contribution in [0.2, 0.25) is 0 Å². The van der Waals surface area contributed by atoms with E-state index in [1.165, 1.54) is 17.4 Å². The van der Waals surface area contributed by atoms with Gasteiger partial charge in [0.15, 0.2) is 0 Å². The van der Waals surface area contributed by atoms with Gasteiger partial charge in [-0.05, 0) is 62.4 Å². The van der Waals surface area contributed by atoms with E-state index < -0.39 is 5.60 Å². The molecular weight excluding hydrogens is 502 g/mol. The van der Waals surface area contributed by atoms with E-state index >= 15 is 0 Å². The van der Waals surface area contributed by atoms with E-state index in [-0.39, 0.29) is 23.9 Å². The number of nitrogens with zero attached hydrogens (tertiary/aromatic N) is 5. The number of likely N-dealkylation sites (tertiary alicyclic amines) is 2. The number of benzene rings is 2. The molecule has 2 aliphatic rings. The second-order valence-corrected chi connectivity index (χ2v) is 11.4. The molecular formula is C32H41N5O3. The second kappa shape index (κ2) is 12.8. The zero-order valence-electron chi connectivity index (χ0n) is 23.5. The number of rotatable bonds is 10. The first-order valence-electron chi connectivity index (χ1n) is 14.6. The maximum absolute atomic E-state index is 13.2. The van der Waals surface area contributed by atoms with Crippen LogP contribution in [0.25, 0.3) is 0 Å². The predicted molar refractivity (Wildman–Crippen MR) is 158 cm³/mol. The molecule has 1 atom stereocenters. The summed E-state index contributed by atoms with van der Waals surface area (Å²) in [5.41, 5.74) is 0.921. The van der Waals surface area contributed by atoms with Gasteiger partial charge in [0.05, 0.1) is 18.5 Å². The van der Waals surface area contributed by atoms with Gasteiger partial charge in [-0.3, -0.25) is 14.2 Å². The van der Waals surface area contributed by atoms with E-state index in [0.29, 0.717) is 38.2 Å². The normalized spacial score (nSPS) is 18.0. The van der Waals surface area contributed by atoms with Crippen LogP contribution in [0.4, 0.5) is 11.5 Å². The Labute approximate surface area is 236 Å². The Balaban J connectivity index is 1.20. The fourth-order valence-electron chi connectivity index (χ4n) is 5.85. The monoisotopic (exact) mass is 543 g/mol. The summed E-state index contributed by atoms with van der Waals surface area (Å²) in [6.45, 7) is 7.10. The quantitative estimate of drug-likeness (QED) is 0.416. The minimum Gasteiger partial charge on any atom is -0.388 e. The highest BCUT2D eigenvalue weighted by molar-refractivity contribution is 5.77. The fraction of sp³-hybridized carbons (Fsp3) is 0.469. The molecule has 0 aliphatic carbocycles. The number of para-hydroxylation sites is 1. The third-order valence-corrected chi connectivity index (χ3v) is 8.41. The zero-order chi connectivity index (χ0) is 28.0. The summed E-state index contributed by atoms with van der Waals surface area (Å²) in [6, 6.07) is 21.7. The Kier molecular flexibility index (Phi) is 8.97. The molecule has 3 aromatic rings. The van der Waals surface area contributed by atoms with Crippen LogP contribution in [0.1, 0.15) is 50.5 Å². The highest BCUT2D eigenvalue weighted by Crippen LogP contribution is 2.27. The van der Waals surface area contributed by atoms with Crippen LogP contribution < -0.4 is 10.5 Å². The number of amides is 1. The van der Waals surface area contributed by atoms with Crippen LogP contribution in [0.15, 0.2) is 77.9 Å². The summed E-state index contributed by atoms with van der Waals surface area (Å²) in [5.74, 6) is 0.867. The average molecular weight is 544 g/mol. The van der Waals surface area contributed by atoms with Crippen molar-refractivity contribution in [1.82, 2.24) is 19.4 Å². The van der Waals surface area contributed by atoms with E-state index in [4.69, 9.17) is 0 Å². The molecule has 212 valence electrons. The highest BCUT2D eigenvalue weighted by Gasteiger charge is 2.35. The maximum Gasteiger partial charge on any atom is 0.255 e. The molecule has 2 fully saturated rings. The van der Waals surface area contributed by atoms with Crippen molar-refractivity contribution in [3.8, 4) is 0 Å². The molecule has 40 heavy (non-hydrogen) atoms. The molecule has 0 spiro atoms. The van der Waals surface area contributed by atoms with Gasteiger partial charge in [0.1, 0.15) is 5.82 Å². The summed E-state index contributed by atoms with van der Waals surface area (Å²) in [4.78, 5) is 37.2. The third-order valence-electron chi connectivity index (χ3n) is 8.41. The molecule has 8 heteroatoms. The Morgan fingerprint density at radius 1 is 1.00 bits per heavy atom. The molecule has 2 aliphatic heterocycles. The summed E-state index contributed by atoms with van der Waals surface area (Å²) < 4.78 is 1.50. The van der Waals surface area contributed by atoms with Gasteiger partial charge in [-0.1, -0.05) is 55.5 Å². The van der Waals surface area contributed by atoms with Crippen molar-refractivity contribution in [2.24, 2.45) is 0 Å². The fourth-order valence-corrected chi connectivity index (χ4v) is 5.85. The smallest absolute Gasteiger partial charge is 0.255 e. The Morgan fingerprint density at radius 3 is 2.30 bits per heavy atom. The number of aliphatic hydroxyl groups is 1. The largest absolute Gasteiger partial charge is 0.388 e. The lowest BCUT2D eigenvalue weighted by atomic mass is 9.90.